The van der Waals surface area contributed by atoms with Gasteiger partial charge in [0.15, 0.2) is 0 Å². The van der Waals surface area contributed by atoms with Crippen molar-refractivity contribution in [2.24, 2.45) is 17.8 Å². The van der Waals surface area contributed by atoms with E-state index in [1.165, 1.54) is 25.7 Å². The minimum absolute atomic E-state index is 0.486. The van der Waals surface area contributed by atoms with Gasteiger partial charge in [0.1, 0.15) is 12.1 Å². The quantitative estimate of drug-likeness (QED) is 0.932. The second-order valence-corrected chi connectivity index (χ2v) is 6.53. The van der Waals surface area contributed by atoms with E-state index in [1.807, 2.05) is 6.92 Å². The van der Waals surface area contributed by atoms with Gasteiger partial charge in [0.2, 0.25) is 0 Å². The molecule has 4 atom stereocenters. The first-order chi connectivity index (χ1) is 9.70. The van der Waals surface area contributed by atoms with E-state index >= 15 is 0 Å². The zero-order valence-electron chi connectivity index (χ0n) is 12.1. The van der Waals surface area contributed by atoms with Crippen LogP contribution in [0.3, 0.4) is 0 Å². The summed E-state index contributed by atoms with van der Waals surface area (Å²) in [5, 5.41) is 7.93. The van der Waals surface area contributed by atoms with E-state index in [0.29, 0.717) is 11.8 Å². The molecular weight excluding hydrogens is 250 g/mol. The summed E-state index contributed by atoms with van der Waals surface area (Å²) in [5.74, 6) is 4.41. The van der Waals surface area contributed by atoms with E-state index in [1.54, 1.807) is 10.8 Å². The fourth-order valence-corrected chi connectivity index (χ4v) is 4.28. The van der Waals surface area contributed by atoms with Crippen molar-refractivity contribution in [3.8, 4) is 0 Å². The Kier molecular flexibility index (Phi) is 2.69. The lowest BCUT2D eigenvalue weighted by Gasteiger charge is -2.29. The Bertz CT molecular complexity index is 634. The predicted octanol–water partition coefficient (Wildman–Crippen LogP) is 2.67. The molecule has 0 aromatic carbocycles. The van der Waals surface area contributed by atoms with Gasteiger partial charge >= 0.3 is 0 Å². The second-order valence-electron chi connectivity index (χ2n) is 6.53. The fraction of sp³-hybridized carbons (Fsp3) is 0.667. The summed E-state index contributed by atoms with van der Waals surface area (Å²) in [4.78, 5) is 8.57. The molecule has 2 aromatic rings. The molecule has 2 saturated carbocycles. The van der Waals surface area contributed by atoms with Gasteiger partial charge in [0, 0.05) is 17.8 Å². The van der Waals surface area contributed by atoms with Crippen LogP contribution in [0.5, 0.6) is 0 Å². The number of hydrogen-bond donors (Lipinski definition) is 1. The number of hydrogen-bond acceptors (Lipinski definition) is 4. The number of rotatable bonds is 3. The van der Waals surface area contributed by atoms with E-state index < -0.39 is 0 Å². The van der Waals surface area contributed by atoms with Crippen LogP contribution in [0.1, 0.15) is 38.3 Å². The van der Waals surface area contributed by atoms with Gasteiger partial charge < -0.3 is 5.32 Å². The molecule has 20 heavy (non-hydrogen) atoms. The molecule has 2 aromatic heterocycles. The molecule has 0 amide bonds. The van der Waals surface area contributed by atoms with Gasteiger partial charge in [-0.2, -0.15) is 14.6 Å². The van der Waals surface area contributed by atoms with Crippen molar-refractivity contribution in [2.75, 3.05) is 5.32 Å². The number of aryl methyl sites for hydroxylation is 1. The highest BCUT2D eigenvalue weighted by Crippen LogP contribution is 2.49. The average Bonchev–Trinajstić information content (AvgIpc) is 3.13. The number of aromatic nitrogens is 4. The van der Waals surface area contributed by atoms with Crippen LogP contribution in [0.25, 0.3) is 5.78 Å². The monoisotopic (exact) mass is 271 g/mol. The molecular formula is C15H21N5. The second kappa shape index (κ2) is 4.43. The van der Waals surface area contributed by atoms with Gasteiger partial charge in [-0.1, -0.05) is 6.42 Å². The number of anilines is 1. The molecule has 0 unspecified atom stereocenters. The molecule has 0 radical (unpaired) electrons. The maximum absolute atomic E-state index is 4.39. The van der Waals surface area contributed by atoms with Crippen LogP contribution in [-0.2, 0) is 0 Å². The van der Waals surface area contributed by atoms with Crippen LogP contribution in [-0.4, -0.2) is 25.6 Å². The van der Waals surface area contributed by atoms with Crippen molar-refractivity contribution in [3.63, 3.8) is 0 Å². The van der Waals surface area contributed by atoms with E-state index in [4.69, 9.17) is 0 Å². The standard InChI is InChI=1S/C15H21N5/c1-9-5-14(20-15(18-9)16-8-17-20)19-10(2)13-7-11-3-4-12(13)6-11/h5,8,10-13,19H,3-4,6-7H2,1-2H3/t10-,11+,12+,13+/m1/s1. The highest BCUT2D eigenvalue weighted by Gasteiger charge is 2.41. The summed E-state index contributed by atoms with van der Waals surface area (Å²) < 4.78 is 1.80. The maximum atomic E-state index is 4.39. The summed E-state index contributed by atoms with van der Waals surface area (Å²) in [5.41, 5.74) is 0.980. The van der Waals surface area contributed by atoms with Crippen molar-refractivity contribution in [1.82, 2.24) is 19.6 Å². The lowest BCUT2D eigenvalue weighted by Crippen LogP contribution is -2.30. The Hall–Kier alpha value is -1.65. The zero-order chi connectivity index (χ0) is 13.7. The molecule has 0 saturated heterocycles. The van der Waals surface area contributed by atoms with Gasteiger partial charge in [-0.25, -0.2) is 4.98 Å². The summed E-state index contributed by atoms with van der Waals surface area (Å²) in [6.07, 6.45) is 7.29. The van der Waals surface area contributed by atoms with Gasteiger partial charge in [-0.15, -0.1) is 0 Å². The lowest BCUT2D eigenvalue weighted by molar-refractivity contribution is 0.303. The molecule has 2 aliphatic carbocycles. The average molecular weight is 271 g/mol. The molecule has 2 heterocycles. The van der Waals surface area contributed by atoms with Crippen LogP contribution in [0, 0.1) is 24.7 Å². The van der Waals surface area contributed by atoms with Crippen molar-refractivity contribution in [1.29, 1.82) is 0 Å². The molecule has 2 bridgehead atoms. The number of fused-ring (bicyclic) bond motifs is 3. The van der Waals surface area contributed by atoms with Gasteiger partial charge in [0.25, 0.3) is 5.78 Å². The van der Waals surface area contributed by atoms with Crippen LogP contribution in [0.15, 0.2) is 12.4 Å². The lowest BCUT2D eigenvalue weighted by atomic mass is 9.84. The minimum Gasteiger partial charge on any atom is -0.367 e. The Morgan fingerprint density at radius 1 is 1.35 bits per heavy atom. The SMILES string of the molecule is Cc1cc(N[C@H](C)[C@@H]2C[C@H]3CC[C@H]2C3)n2ncnc2n1. The third-order valence-electron chi connectivity index (χ3n) is 5.19. The van der Waals surface area contributed by atoms with Crippen molar-refractivity contribution >= 4 is 11.6 Å². The summed E-state index contributed by atoms with van der Waals surface area (Å²) in [6, 6.07) is 2.55. The zero-order valence-corrected chi connectivity index (χ0v) is 12.1. The Labute approximate surface area is 118 Å². The number of nitrogens with one attached hydrogen (secondary N) is 1. The van der Waals surface area contributed by atoms with Gasteiger partial charge in [-0.05, 0) is 50.9 Å². The molecule has 0 aliphatic heterocycles. The highest BCUT2D eigenvalue weighted by atomic mass is 15.4. The molecule has 2 fully saturated rings. The fourth-order valence-electron chi connectivity index (χ4n) is 4.28. The molecule has 2 aliphatic rings. The Morgan fingerprint density at radius 3 is 3.00 bits per heavy atom. The van der Waals surface area contributed by atoms with Crippen molar-refractivity contribution in [2.45, 2.75) is 45.6 Å². The van der Waals surface area contributed by atoms with Gasteiger partial charge in [-0.3, -0.25) is 0 Å². The van der Waals surface area contributed by atoms with Crippen molar-refractivity contribution in [3.05, 3.63) is 18.1 Å². The molecule has 5 nitrogen and oxygen atoms in total. The molecule has 4 rings (SSSR count). The van der Waals surface area contributed by atoms with Crippen LogP contribution < -0.4 is 5.32 Å². The Balaban J connectivity index is 1.59. The predicted molar refractivity (Wildman–Crippen MR) is 77.5 cm³/mol. The van der Waals surface area contributed by atoms with E-state index in [0.717, 1.165) is 29.3 Å². The normalized spacial score (nSPS) is 30.0. The first-order valence-corrected chi connectivity index (χ1v) is 7.64. The van der Waals surface area contributed by atoms with Crippen molar-refractivity contribution < 1.29 is 0 Å². The smallest absolute Gasteiger partial charge is 0.254 e. The topological polar surface area (TPSA) is 55.1 Å². The maximum Gasteiger partial charge on any atom is 0.254 e. The van der Waals surface area contributed by atoms with Crippen LogP contribution in [0.2, 0.25) is 0 Å². The minimum atomic E-state index is 0.486. The number of nitrogens with zero attached hydrogens (tertiary/aromatic N) is 4. The van der Waals surface area contributed by atoms with Crippen LogP contribution >= 0.6 is 0 Å². The third-order valence-corrected chi connectivity index (χ3v) is 5.19. The summed E-state index contributed by atoms with van der Waals surface area (Å²) >= 11 is 0. The van der Waals surface area contributed by atoms with E-state index in [2.05, 4.69) is 33.4 Å². The molecule has 106 valence electrons. The largest absolute Gasteiger partial charge is 0.367 e. The van der Waals surface area contributed by atoms with E-state index in [-0.39, 0.29) is 0 Å². The molecule has 5 heteroatoms. The Morgan fingerprint density at radius 2 is 2.25 bits per heavy atom. The first kappa shape index (κ1) is 12.1. The molecule has 1 N–H and O–H groups in total. The van der Waals surface area contributed by atoms with Crippen LogP contribution in [0.4, 0.5) is 5.82 Å². The summed E-state index contributed by atoms with van der Waals surface area (Å²) in [7, 11) is 0. The molecule has 0 spiro atoms. The van der Waals surface area contributed by atoms with E-state index in [9.17, 15) is 0 Å². The third kappa shape index (κ3) is 1.87. The highest BCUT2D eigenvalue weighted by molar-refractivity contribution is 5.45. The first-order valence-electron chi connectivity index (χ1n) is 7.64. The van der Waals surface area contributed by atoms with Gasteiger partial charge in [0.05, 0.1) is 0 Å². The summed E-state index contributed by atoms with van der Waals surface area (Å²) in [6.45, 7) is 4.31.